The van der Waals surface area contributed by atoms with E-state index in [1.807, 2.05) is 23.7 Å². The van der Waals surface area contributed by atoms with Gasteiger partial charge in [0.2, 0.25) is 0 Å². The first-order chi connectivity index (χ1) is 15.9. The van der Waals surface area contributed by atoms with E-state index in [-0.39, 0.29) is 17.0 Å². The second-order valence-corrected chi connectivity index (χ2v) is 7.39. The van der Waals surface area contributed by atoms with E-state index >= 15 is 0 Å². The van der Waals surface area contributed by atoms with Gasteiger partial charge in [0.1, 0.15) is 17.2 Å². The third-order valence-electron chi connectivity index (χ3n) is 5.38. The van der Waals surface area contributed by atoms with Crippen molar-refractivity contribution in [2.75, 3.05) is 7.11 Å². The highest BCUT2D eigenvalue weighted by molar-refractivity contribution is 5.84. The van der Waals surface area contributed by atoms with Gasteiger partial charge in [0.25, 0.3) is 5.56 Å². The highest BCUT2D eigenvalue weighted by Crippen LogP contribution is 2.26. The fraction of sp³-hybridized carbons (Fsp3) is 0.125. The second kappa shape index (κ2) is 8.01. The fourth-order valence-electron chi connectivity index (χ4n) is 3.78. The van der Waals surface area contributed by atoms with Crippen molar-refractivity contribution in [3.8, 4) is 28.4 Å². The van der Waals surface area contributed by atoms with E-state index in [2.05, 4.69) is 14.7 Å². The lowest BCUT2D eigenvalue weighted by atomic mass is 10.1. The summed E-state index contributed by atoms with van der Waals surface area (Å²) >= 11 is 0. The number of halogens is 2. The van der Waals surface area contributed by atoms with E-state index in [0.717, 1.165) is 11.0 Å². The molecule has 9 heteroatoms. The maximum Gasteiger partial charge on any atom is 0.387 e. The molecule has 0 spiro atoms. The van der Waals surface area contributed by atoms with Gasteiger partial charge >= 0.3 is 6.61 Å². The molecule has 2 aromatic heterocycles. The molecule has 0 bridgehead atoms. The number of imidazole rings is 1. The summed E-state index contributed by atoms with van der Waals surface area (Å²) in [5.41, 5.74) is 3.77. The zero-order valence-corrected chi connectivity index (χ0v) is 17.7. The molecular formula is C24H18F2N4O3. The van der Waals surface area contributed by atoms with Gasteiger partial charge in [-0.3, -0.25) is 9.36 Å². The van der Waals surface area contributed by atoms with Crippen LogP contribution in [0.15, 0.2) is 71.8 Å². The minimum Gasteiger partial charge on any atom is -0.497 e. The van der Waals surface area contributed by atoms with Crippen LogP contribution in [-0.4, -0.2) is 32.8 Å². The van der Waals surface area contributed by atoms with Crippen LogP contribution in [0.4, 0.5) is 8.78 Å². The molecule has 0 saturated carbocycles. The Labute approximate surface area is 186 Å². The molecule has 33 heavy (non-hydrogen) atoms. The number of rotatable bonds is 5. The lowest BCUT2D eigenvalue weighted by molar-refractivity contribution is -0.0498. The Morgan fingerprint density at radius 1 is 0.909 bits per heavy atom. The number of hydrogen-bond donors (Lipinski definition) is 0. The van der Waals surface area contributed by atoms with Gasteiger partial charge in [0.15, 0.2) is 0 Å². The third-order valence-corrected chi connectivity index (χ3v) is 5.38. The van der Waals surface area contributed by atoms with Crippen LogP contribution in [0.25, 0.3) is 39.0 Å². The van der Waals surface area contributed by atoms with E-state index in [9.17, 15) is 13.6 Å². The molecule has 0 amide bonds. The van der Waals surface area contributed by atoms with Crippen molar-refractivity contribution in [3.63, 3.8) is 0 Å². The summed E-state index contributed by atoms with van der Waals surface area (Å²) in [5.74, 6) is 0.554. The smallest absolute Gasteiger partial charge is 0.387 e. The van der Waals surface area contributed by atoms with Crippen molar-refractivity contribution in [2.24, 2.45) is 7.05 Å². The molecule has 3 aromatic carbocycles. The van der Waals surface area contributed by atoms with Gasteiger partial charge in [-0.25, -0.2) is 9.97 Å². The van der Waals surface area contributed by atoms with Crippen LogP contribution >= 0.6 is 0 Å². The molecule has 0 atom stereocenters. The quantitative estimate of drug-likeness (QED) is 0.395. The van der Waals surface area contributed by atoms with Crippen molar-refractivity contribution < 1.29 is 18.3 Å². The number of benzene rings is 3. The summed E-state index contributed by atoms with van der Waals surface area (Å²) in [5, 5.41) is 0. The highest BCUT2D eigenvalue weighted by atomic mass is 19.3. The molecule has 7 nitrogen and oxygen atoms in total. The zero-order valence-electron chi connectivity index (χ0n) is 17.7. The van der Waals surface area contributed by atoms with Gasteiger partial charge in [-0.2, -0.15) is 8.78 Å². The first-order valence-electron chi connectivity index (χ1n) is 10.0. The Balaban J connectivity index is 1.76. The average Bonchev–Trinajstić information content (AvgIpc) is 3.19. The molecule has 5 aromatic rings. The average molecular weight is 448 g/mol. The summed E-state index contributed by atoms with van der Waals surface area (Å²) in [6, 6.07) is 16.6. The van der Waals surface area contributed by atoms with Gasteiger partial charge in [-0.15, -0.1) is 0 Å². The summed E-state index contributed by atoms with van der Waals surface area (Å²) in [6.07, 6.45) is 1.70. The van der Waals surface area contributed by atoms with Crippen LogP contribution in [0.1, 0.15) is 0 Å². The van der Waals surface area contributed by atoms with Gasteiger partial charge in [0.05, 0.1) is 35.5 Å². The monoisotopic (exact) mass is 448 g/mol. The Kier molecular flexibility index (Phi) is 5.01. The standard InChI is InChI=1S/C24H18F2N4O3/c1-29-13-27-18-9-3-14(11-20(18)29)22-23(31)30(15-4-6-16(7-5-15)33-24(25)26)21-12-17(32-2)8-10-19(21)28-22/h3-13,24H,1-2H3. The Bertz CT molecular complexity index is 1540. The number of nitrogens with zero attached hydrogens (tertiary/aromatic N) is 4. The normalized spacial score (nSPS) is 11.4. The summed E-state index contributed by atoms with van der Waals surface area (Å²) < 4.78 is 38.2. The van der Waals surface area contributed by atoms with Crippen molar-refractivity contribution in [3.05, 3.63) is 77.3 Å². The molecule has 5 rings (SSSR count). The Morgan fingerprint density at radius 2 is 1.64 bits per heavy atom. The van der Waals surface area contributed by atoms with Crippen molar-refractivity contribution >= 4 is 22.1 Å². The minimum atomic E-state index is -2.93. The van der Waals surface area contributed by atoms with Crippen LogP contribution in [0.5, 0.6) is 11.5 Å². The van der Waals surface area contributed by atoms with Gasteiger partial charge in [-0.05, 0) is 48.5 Å². The predicted molar refractivity (Wildman–Crippen MR) is 120 cm³/mol. The number of methoxy groups -OCH3 is 1. The van der Waals surface area contributed by atoms with E-state index in [1.165, 1.54) is 23.8 Å². The molecule has 0 radical (unpaired) electrons. The number of aromatic nitrogens is 4. The number of hydrogen-bond acceptors (Lipinski definition) is 5. The summed E-state index contributed by atoms with van der Waals surface area (Å²) in [4.78, 5) is 22.7. The van der Waals surface area contributed by atoms with E-state index in [0.29, 0.717) is 28.0 Å². The second-order valence-electron chi connectivity index (χ2n) is 7.39. The first kappa shape index (κ1) is 20.6. The van der Waals surface area contributed by atoms with Gasteiger partial charge in [-0.1, -0.05) is 6.07 Å². The topological polar surface area (TPSA) is 71.2 Å². The molecule has 0 fully saturated rings. The summed E-state index contributed by atoms with van der Waals surface area (Å²) in [7, 11) is 3.41. The molecule has 0 saturated heterocycles. The van der Waals surface area contributed by atoms with Crippen molar-refractivity contribution in [1.29, 1.82) is 0 Å². The molecule has 0 aliphatic carbocycles. The van der Waals surface area contributed by atoms with Crippen LogP contribution in [-0.2, 0) is 7.05 Å². The molecule has 0 aliphatic rings. The Morgan fingerprint density at radius 3 is 2.36 bits per heavy atom. The Hall–Kier alpha value is -4.27. The molecule has 0 N–H and O–H groups in total. The van der Waals surface area contributed by atoms with Crippen LogP contribution in [0.3, 0.4) is 0 Å². The molecule has 166 valence electrons. The van der Waals surface area contributed by atoms with Crippen molar-refractivity contribution in [2.45, 2.75) is 6.61 Å². The minimum absolute atomic E-state index is 0.000348. The van der Waals surface area contributed by atoms with E-state index in [4.69, 9.17) is 4.74 Å². The number of aryl methyl sites for hydroxylation is 1. The predicted octanol–water partition coefficient (Wildman–Crippen LogP) is 4.55. The lowest BCUT2D eigenvalue weighted by Crippen LogP contribution is -2.22. The zero-order chi connectivity index (χ0) is 23.1. The SMILES string of the molecule is COc1ccc2nc(-c3ccc4ncn(C)c4c3)c(=O)n(-c3ccc(OC(F)F)cc3)c2c1. The number of fused-ring (bicyclic) bond motifs is 2. The maximum atomic E-state index is 13.7. The van der Waals surface area contributed by atoms with Gasteiger partial charge in [0, 0.05) is 24.4 Å². The maximum absolute atomic E-state index is 13.7. The van der Waals surface area contributed by atoms with E-state index < -0.39 is 6.61 Å². The van der Waals surface area contributed by atoms with Crippen LogP contribution < -0.4 is 15.0 Å². The lowest BCUT2D eigenvalue weighted by Gasteiger charge is -2.14. The number of alkyl halides is 2. The first-order valence-corrected chi connectivity index (χ1v) is 10.0. The highest BCUT2D eigenvalue weighted by Gasteiger charge is 2.16. The summed E-state index contributed by atoms with van der Waals surface area (Å²) in [6.45, 7) is -2.93. The fourth-order valence-corrected chi connectivity index (χ4v) is 3.78. The van der Waals surface area contributed by atoms with Gasteiger partial charge < -0.3 is 14.0 Å². The number of ether oxygens (including phenoxy) is 2. The molecule has 0 aliphatic heterocycles. The molecule has 0 unspecified atom stereocenters. The van der Waals surface area contributed by atoms with Crippen molar-refractivity contribution in [1.82, 2.24) is 19.1 Å². The third kappa shape index (κ3) is 3.67. The largest absolute Gasteiger partial charge is 0.497 e. The molecule has 2 heterocycles. The van der Waals surface area contributed by atoms with Crippen LogP contribution in [0, 0.1) is 0 Å². The van der Waals surface area contributed by atoms with Crippen LogP contribution in [0.2, 0.25) is 0 Å². The van der Waals surface area contributed by atoms with E-state index in [1.54, 1.807) is 42.7 Å². The molecular weight excluding hydrogens is 430 g/mol.